The smallest absolute Gasteiger partial charge is 0.0624 e. The number of nitrogens with zero attached hydrogens (tertiary/aromatic N) is 2. The summed E-state index contributed by atoms with van der Waals surface area (Å²) < 4.78 is 2.06. The van der Waals surface area contributed by atoms with Crippen molar-refractivity contribution in [1.29, 1.82) is 0 Å². The third kappa shape index (κ3) is 3.95. The van der Waals surface area contributed by atoms with Gasteiger partial charge >= 0.3 is 0 Å². The first kappa shape index (κ1) is 16.2. The number of hydrogen-bond donors (Lipinski definition) is 1. The van der Waals surface area contributed by atoms with Crippen LogP contribution in [0.1, 0.15) is 32.2 Å². The monoisotopic (exact) mass is 313 g/mol. The Morgan fingerprint density at radius 3 is 2.75 bits per heavy atom. The molecule has 114 valence electrons. The number of likely N-dealkylation sites (N-methyl/N-ethyl adjacent to an activating group) is 1. The Kier molecular flexibility index (Phi) is 6.30. The fraction of sp³-hybridized carbons (Fsp3) is 0.800. The van der Waals surface area contributed by atoms with E-state index in [1.807, 2.05) is 0 Å². The van der Waals surface area contributed by atoms with E-state index in [4.69, 9.17) is 0 Å². The summed E-state index contributed by atoms with van der Waals surface area (Å²) in [5.41, 5.74) is 2.56. The third-order valence-electron chi connectivity index (χ3n) is 3.92. The normalized spacial score (nSPS) is 24.8. The number of hydrogen-bond acceptors (Lipinski definition) is 4. The minimum atomic E-state index is 0.549. The molecule has 0 aliphatic carbocycles. The minimum Gasteiger partial charge on any atom is -0.313 e. The van der Waals surface area contributed by atoms with Gasteiger partial charge in [-0.25, -0.2) is 0 Å². The summed E-state index contributed by atoms with van der Waals surface area (Å²) in [5, 5.41) is 9.73. The molecule has 0 amide bonds. The Bertz CT molecular complexity index is 419. The van der Waals surface area contributed by atoms with Gasteiger partial charge in [-0.2, -0.15) is 28.6 Å². The van der Waals surface area contributed by atoms with Gasteiger partial charge in [0.2, 0.25) is 0 Å². The van der Waals surface area contributed by atoms with E-state index < -0.39 is 0 Å². The molecule has 0 spiro atoms. The van der Waals surface area contributed by atoms with Crippen LogP contribution >= 0.6 is 23.5 Å². The fourth-order valence-electron chi connectivity index (χ4n) is 2.82. The van der Waals surface area contributed by atoms with Gasteiger partial charge in [-0.3, -0.25) is 4.68 Å². The van der Waals surface area contributed by atoms with Crippen LogP contribution in [0, 0.1) is 0 Å². The maximum Gasteiger partial charge on any atom is 0.0624 e. The van der Waals surface area contributed by atoms with Gasteiger partial charge < -0.3 is 5.32 Å². The van der Waals surface area contributed by atoms with E-state index in [2.05, 4.69) is 72.5 Å². The summed E-state index contributed by atoms with van der Waals surface area (Å²) in [7, 11) is 2.07. The highest BCUT2D eigenvalue weighted by Gasteiger charge is 2.30. The zero-order chi connectivity index (χ0) is 14.5. The van der Waals surface area contributed by atoms with E-state index in [-0.39, 0.29) is 0 Å². The molecule has 0 radical (unpaired) electrons. The molecule has 1 aromatic rings. The molecule has 2 heterocycles. The molecular weight excluding hydrogens is 286 g/mol. The van der Waals surface area contributed by atoms with E-state index in [0.29, 0.717) is 11.3 Å². The molecule has 1 aromatic heterocycles. The highest BCUT2D eigenvalue weighted by molar-refractivity contribution is 8.07. The second-order valence-electron chi connectivity index (χ2n) is 5.38. The van der Waals surface area contributed by atoms with Gasteiger partial charge in [-0.1, -0.05) is 20.8 Å². The van der Waals surface area contributed by atoms with Crippen molar-refractivity contribution in [3.05, 3.63) is 17.5 Å². The predicted octanol–water partition coefficient (Wildman–Crippen LogP) is 2.74. The van der Waals surface area contributed by atoms with Crippen LogP contribution in [0.25, 0.3) is 0 Å². The van der Waals surface area contributed by atoms with Crippen molar-refractivity contribution in [3.63, 3.8) is 0 Å². The van der Waals surface area contributed by atoms with E-state index >= 15 is 0 Å². The molecule has 1 fully saturated rings. The molecule has 1 aliphatic heterocycles. The highest BCUT2D eigenvalue weighted by Crippen LogP contribution is 2.34. The second-order valence-corrected chi connectivity index (χ2v) is 8.15. The molecule has 0 bridgehead atoms. The molecule has 1 N–H and O–H groups in total. The van der Waals surface area contributed by atoms with Gasteiger partial charge in [0, 0.05) is 47.2 Å². The molecule has 0 saturated carbocycles. The van der Waals surface area contributed by atoms with Gasteiger partial charge in [-0.05, 0) is 19.0 Å². The van der Waals surface area contributed by atoms with Gasteiger partial charge in [0.1, 0.15) is 0 Å². The Morgan fingerprint density at radius 2 is 2.15 bits per heavy atom. The Balaban J connectivity index is 2.09. The lowest BCUT2D eigenvalue weighted by molar-refractivity contribution is 0.486. The van der Waals surface area contributed by atoms with Gasteiger partial charge in [0.15, 0.2) is 0 Å². The number of aromatic nitrogens is 2. The third-order valence-corrected chi connectivity index (χ3v) is 7.17. The molecule has 1 aliphatic rings. The largest absolute Gasteiger partial charge is 0.313 e. The quantitative estimate of drug-likeness (QED) is 0.874. The predicted molar refractivity (Wildman–Crippen MR) is 91.9 cm³/mol. The Morgan fingerprint density at radius 1 is 1.40 bits per heavy atom. The SMILES string of the molecule is CCNC(Cc1cc(CC)nn1C)C1SCCSC1C. The van der Waals surface area contributed by atoms with Gasteiger partial charge in [0.05, 0.1) is 5.69 Å². The fourth-order valence-corrected chi connectivity index (χ4v) is 5.78. The minimum absolute atomic E-state index is 0.549. The van der Waals surface area contributed by atoms with Crippen molar-refractivity contribution in [3.8, 4) is 0 Å². The average Bonchev–Trinajstić information content (AvgIpc) is 2.80. The van der Waals surface area contributed by atoms with E-state index in [9.17, 15) is 0 Å². The van der Waals surface area contributed by atoms with Crippen molar-refractivity contribution < 1.29 is 0 Å². The Labute approximate surface area is 131 Å². The Hall–Kier alpha value is -0.130. The molecule has 3 atom stereocenters. The lowest BCUT2D eigenvalue weighted by Crippen LogP contribution is -2.46. The van der Waals surface area contributed by atoms with Gasteiger partial charge in [-0.15, -0.1) is 0 Å². The summed E-state index contributed by atoms with van der Waals surface area (Å²) in [4.78, 5) is 0. The lowest BCUT2D eigenvalue weighted by atomic mass is 10.0. The standard InChI is InChI=1S/C15H27N3S2/c1-5-12-9-13(18(4)17-12)10-14(16-6-2)15-11(3)19-7-8-20-15/h9,11,14-16H,5-8,10H2,1-4H3. The number of nitrogens with one attached hydrogen (secondary N) is 1. The molecule has 2 rings (SSSR count). The van der Waals surface area contributed by atoms with Crippen molar-refractivity contribution >= 4 is 23.5 Å². The molecule has 0 aromatic carbocycles. The van der Waals surface area contributed by atoms with Crippen molar-refractivity contribution in [2.45, 2.75) is 50.2 Å². The van der Waals surface area contributed by atoms with E-state index in [1.54, 1.807) is 0 Å². The highest BCUT2D eigenvalue weighted by atomic mass is 32.2. The van der Waals surface area contributed by atoms with Crippen LogP contribution in [0.15, 0.2) is 6.07 Å². The lowest BCUT2D eigenvalue weighted by Gasteiger charge is -2.35. The molecule has 5 heteroatoms. The first-order chi connectivity index (χ1) is 9.65. The van der Waals surface area contributed by atoms with Crippen molar-refractivity contribution in [2.75, 3.05) is 18.1 Å². The summed E-state index contributed by atoms with van der Waals surface area (Å²) >= 11 is 4.27. The van der Waals surface area contributed by atoms with E-state index in [1.165, 1.54) is 22.9 Å². The molecule has 3 unspecified atom stereocenters. The van der Waals surface area contributed by atoms with Crippen LogP contribution in [-0.4, -0.2) is 44.4 Å². The first-order valence-electron chi connectivity index (χ1n) is 7.64. The van der Waals surface area contributed by atoms with Crippen molar-refractivity contribution in [2.24, 2.45) is 7.05 Å². The topological polar surface area (TPSA) is 29.9 Å². The summed E-state index contributed by atoms with van der Waals surface area (Å²) in [6.07, 6.45) is 2.10. The summed E-state index contributed by atoms with van der Waals surface area (Å²) in [5.74, 6) is 2.58. The molecule has 3 nitrogen and oxygen atoms in total. The molecule has 20 heavy (non-hydrogen) atoms. The van der Waals surface area contributed by atoms with E-state index in [0.717, 1.165) is 24.6 Å². The number of thioether (sulfide) groups is 2. The van der Waals surface area contributed by atoms with Crippen LogP contribution < -0.4 is 5.32 Å². The van der Waals surface area contributed by atoms with Gasteiger partial charge in [0.25, 0.3) is 0 Å². The maximum atomic E-state index is 4.58. The van der Waals surface area contributed by atoms with Crippen LogP contribution in [0.2, 0.25) is 0 Å². The van der Waals surface area contributed by atoms with Crippen LogP contribution in [0.5, 0.6) is 0 Å². The zero-order valence-electron chi connectivity index (χ0n) is 13.1. The number of aryl methyl sites for hydroxylation is 2. The van der Waals surface area contributed by atoms with Crippen LogP contribution in [-0.2, 0) is 19.9 Å². The zero-order valence-corrected chi connectivity index (χ0v) is 14.7. The number of rotatable bonds is 6. The second kappa shape index (κ2) is 7.76. The first-order valence-corrected chi connectivity index (χ1v) is 9.73. The van der Waals surface area contributed by atoms with Crippen molar-refractivity contribution in [1.82, 2.24) is 15.1 Å². The van der Waals surface area contributed by atoms with Crippen LogP contribution in [0.4, 0.5) is 0 Å². The van der Waals surface area contributed by atoms with Crippen LogP contribution in [0.3, 0.4) is 0 Å². The molecule has 1 saturated heterocycles. The summed E-state index contributed by atoms with van der Waals surface area (Å²) in [6, 6.07) is 2.82. The molecular formula is C15H27N3S2. The maximum absolute atomic E-state index is 4.58. The summed E-state index contributed by atoms with van der Waals surface area (Å²) in [6.45, 7) is 7.80. The average molecular weight is 314 g/mol.